The molecule has 0 bridgehead atoms. The molecular formula is C34H40N6O5. The predicted octanol–water partition coefficient (Wildman–Crippen LogP) is 5.82. The molecule has 0 unspecified atom stereocenters. The Morgan fingerprint density at radius 2 is 1.58 bits per heavy atom. The zero-order chi connectivity index (χ0) is 31.8. The fraction of sp³-hybridized carbons (Fsp3) is 0.324. The van der Waals surface area contributed by atoms with E-state index in [9.17, 15) is 4.79 Å². The number of hydrogen-bond acceptors (Lipinski definition) is 10. The van der Waals surface area contributed by atoms with Crippen molar-refractivity contribution >= 4 is 29.2 Å². The van der Waals surface area contributed by atoms with Crippen LogP contribution in [0.25, 0.3) is 0 Å². The minimum atomic E-state index is -0.638. The molecule has 1 aromatic heterocycles. The van der Waals surface area contributed by atoms with Crippen LogP contribution in [0.15, 0.2) is 72.9 Å². The number of piperazine rings is 1. The molecular weight excluding hydrogens is 572 g/mol. The van der Waals surface area contributed by atoms with Gasteiger partial charge in [-0.25, -0.2) is 14.7 Å². The maximum absolute atomic E-state index is 13.8. The first kappa shape index (κ1) is 31.6. The summed E-state index contributed by atoms with van der Waals surface area (Å²) in [5, 5.41) is 3.23. The van der Waals surface area contributed by atoms with Crippen LogP contribution in [-0.2, 0) is 0 Å². The van der Waals surface area contributed by atoms with Gasteiger partial charge in [-0.1, -0.05) is 30.3 Å². The summed E-state index contributed by atoms with van der Waals surface area (Å²) < 4.78 is 22.9. The van der Waals surface area contributed by atoms with Crippen molar-refractivity contribution in [3.8, 4) is 23.0 Å². The van der Waals surface area contributed by atoms with Gasteiger partial charge in [0.05, 0.1) is 19.9 Å². The number of amides is 1. The molecule has 2 heterocycles. The molecule has 5 rings (SSSR count). The largest absolute Gasteiger partial charge is 0.493 e. The molecule has 0 aliphatic carbocycles. The summed E-state index contributed by atoms with van der Waals surface area (Å²) >= 11 is 0. The van der Waals surface area contributed by atoms with Crippen LogP contribution in [-0.4, -0.2) is 86.5 Å². The maximum atomic E-state index is 13.8. The number of aromatic nitrogens is 2. The van der Waals surface area contributed by atoms with E-state index in [-0.39, 0.29) is 0 Å². The Bertz CT molecular complexity index is 1590. The highest BCUT2D eigenvalue weighted by atomic mass is 16.6. The van der Waals surface area contributed by atoms with E-state index in [1.165, 1.54) is 12.0 Å². The van der Waals surface area contributed by atoms with E-state index in [4.69, 9.17) is 23.9 Å². The fourth-order valence-electron chi connectivity index (χ4n) is 5.18. The third-order valence-electron chi connectivity index (χ3n) is 7.66. The number of methoxy groups -OCH3 is 2. The summed E-state index contributed by atoms with van der Waals surface area (Å²) in [5.41, 5.74) is 3.13. The van der Waals surface area contributed by atoms with Gasteiger partial charge >= 0.3 is 6.09 Å². The van der Waals surface area contributed by atoms with Crippen LogP contribution in [0, 0.1) is 13.8 Å². The second-order valence-corrected chi connectivity index (χ2v) is 10.8. The molecule has 0 spiro atoms. The van der Waals surface area contributed by atoms with Crippen LogP contribution in [0.3, 0.4) is 0 Å². The molecule has 1 aliphatic heterocycles. The number of anilines is 4. The van der Waals surface area contributed by atoms with Crippen LogP contribution in [0.5, 0.6) is 23.0 Å². The second kappa shape index (κ2) is 14.7. The lowest BCUT2D eigenvalue weighted by Crippen LogP contribution is -2.45. The lowest BCUT2D eigenvalue weighted by Gasteiger charge is -2.32. The molecule has 3 aromatic carbocycles. The van der Waals surface area contributed by atoms with Gasteiger partial charge < -0.3 is 29.2 Å². The SMILES string of the molecule is COc1cc(Nc2nccc(N(C(=O)Oc3ccccc3OC)c3c(C)cccc3C)n2)ccc1OCCN1CCN(C)CC1. The van der Waals surface area contributed by atoms with Crippen molar-refractivity contribution in [1.29, 1.82) is 0 Å². The molecule has 11 heteroatoms. The number of ether oxygens (including phenoxy) is 4. The normalized spacial score (nSPS) is 13.6. The van der Waals surface area contributed by atoms with Crippen molar-refractivity contribution in [2.24, 2.45) is 0 Å². The number of likely N-dealkylation sites (N-methyl/N-ethyl adjacent to an activating group) is 1. The van der Waals surface area contributed by atoms with Crippen molar-refractivity contribution in [1.82, 2.24) is 19.8 Å². The molecule has 4 aromatic rings. The quantitative estimate of drug-likeness (QED) is 0.223. The van der Waals surface area contributed by atoms with Crippen molar-refractivity contribution in [3.63, 3.8) is 0 Å². The standard InChI is InChI=1S/C34H40N6O5/c1-24-9-8-10-25(2)32(24)40(34(41)45-29-12-7-6-11-27(29)42-4)31-15-16-35-33(37-31)36-26-13-14-28(30(23-26)43-5)44-22-21-39-19-17-38(3)18-20-39/h6-16,23H,17-22H2,1-5H3,(H,35,36,37). The topological polar surface area (TPSA) is 102 Å². The van der Waals surface area contributed by atoms with Crippen molar-refractivity contribution in [2.75, 3.05) is 70.8 Å². The summed E-state index contributed by atoms with van der Waals surface area (Å²) in [5.74, 6) is 2.61. The Hall–Kier alpha value is -4.87. The zero-order valence-corrected chi connectivity index (χ0v) is 26.4. The third kappa shape index (κ3) is 7.81. The molecule has 11 nitrogen and oxygen atoms in total. The number of rotatable bonds is 11. The Morgan fingerprint density at radius 1 is 0.867 bits per heavy atom. The molecule has 1 saturated heterocycles. The van der Waals surface area contributed by atoms with E-state index in [0.717, 1.165) is 43.9 Å². The molecule has 1 aliphatic rings. The smallest absolute Gasteiger partial charge is 0.425 e. The number of para-hydroxylation sites is 3. The Labute approximate surface area is 264 Å². The predicted molar refractivity (Wildman–Crippen MR) is 175 cm³/mol. The van der Waals surface area contributed by atoms with Crippen molar-refractivity contribution in [3.05, 3.63) is 84.1 Å². The number of benzene rings is 3. The fourth-order valence-corrected chi connectivity index (χ4v) is 5.18. The van der Waals surface area contributed by atoms with Gasteiger partial charge in [-0.2, -0.15) is 4.98 Å². The first-order valence-electron chi connectivity index (χ1n) is 14.9. The maximum Gasteiger partial charge on any atom is 0.425 e. The summed E-state index contributed by atoms with van der Waals surface area (Å²) in [6.45, 7) is 9.51. The Kier molecular flexibility index (Phi) is 10.3. The van der Waals surface area contributed by atoms with Gasteiger partial charge in [0.15, 0.2) is 23.0 Å². The lowest BCUT2D eigenvalue weighted by atomic mass is 10.1. The summed E-state index contributed by atoms with van der Waals surface area (Å²) in [6, 6.07) is 20.1. The Morgan fingerprint density at radius 3 is 2.29 bits per heavy atom. The van der Waals surface area contributed by atoms with E-state index in [1.807, 2.05) is 56.3 Å². The van der Waals surface area contributed by atoms with Crippen molar-refractivity contribution < 1.29 is 23.7 Å². The number of nitrogens with zero attached hydrogens (tertiary/aromatic N) is 5. The van der Waals surface area contributed by atoms with Gasteiger partial charge in [-0.05, 0) is 56.3 Å². The minimum Gasteiger partial charge on any atom is -0.493 e. The average molecular weight is 613 g/mol. The van der Waals surface area contributed by atoms with Gasteiger partial charge in [0.25, 0.3) is 0 Å². The molecule has 0 radical (unpaired) electrons. The van der Waals surface area contributed by atoms with Crippen molar-refractivity contribution in [2.45, 2.75) is 13.8 Å². The van der Waals surface area contributed by atoms with Gasteiger partial charge in [0.2, 0.25) is 5.95 Å². The molecule has 0 atom stereocenters. The van der Waals surface area contributed by atoms with Crippen LogP contribution >= 0.6 is 0 Å². The summed E-state index contributed by atoms with van der Waals surface area (Å²) in [7, 11) is 5.29. The first-order chi connectivity index (χ1) is 21.9. The van der Waals surface area contributed by atoms with Gasteiger partial charge in [0.1, 0.15) is 12.4 Å². The average Bonchev–Trinajstić information content (AvgIpc) is 3.04. The van der Waals surface area contributed by atoms with Gasteiger partial charge in [-0.15, -0.1) is 0 Å². The molecule has 45 heavy (non-hydrogen) atoms. The number of carbonyl (C=O) groups is 1. The number of aryl methyl sites for hydroxylation is 2. The van der Waals surface area contributed by atoms with E-state index in [2.05, 4.69) is 27.1 Å². The third-order valence-corrected chi connectivity index (χ3v) is 7.66. The summed E-state index contributed by atoms with van der Waals surface area (Å²) in [4.78, 5) is 29.1. The second-order valence-electron chi connectivity index (χ2n) is 10.8. The van der Waals surface area contributed by atoms with Crippen LogP contribution in [0.1, 0.15) is 11.1 Å². The van der Waals surface area contributed by atoms with Crippen LogP contribution in [0.2, 0.25) is 0 Å². The van der Waals surface area contributed by atoms with Crippen LogP contribution < -0.4 is 29.2 Å². The molecule has 1 amide bonds. The Balaban J connectivity index is 1.35. The number of hydrogen-bond donors (Lipinski definition) is 1. The number of nitrogens with one attached hydrogen (secondary N) is 1. The van der Waals surface area contributed by atoms with Crippen LogP contribution in [0.4, 0.5) is 27.9 Å². The van der Waals surface area contributed by atoms with Gasteiger partial charge in [-0.3, -0.25) is 4.90 Å². The van der Waals surface area contributed by atoms with E-state index in [0.29, 0.717) is 52.7 Å². The lowest BCUT2D eigenvalue weighted by molar-refractivity contribution is 0.133. The monoisotopic (exact) mass is 612 g/mol. The minimum absolute atomic E-state index is 0.291. The zero-order valence-electron chi connectivity index (χ0n) is 26.4. The van der Waals surface area contributed by atoms with Gasteiger partial charge in [0, 0.05) is 56.7 Å². The highest BCUT2D eigenvalue weighted by Gasteiger charge is 2.26. The van der Waals surface area contributed by atoms with E-state index < -0.39 is 6.09 Å². The highest BCUT2D eigenvalue weighted by molar-refractivity contribution is 5.98. The molecule has 0 saturated carbocycles. The van der Waals surface area contributed by atoms with E-state index >= 15 is 0 Å². The molecule has 1 N–H and O–H groups in total. The van der Waals surface area contributed by atoms with E-state index in [1.54, 1.807) is 37.6 Å². The summed E-state index contributed by atoms with van der Waals surface area (Å²) in [6.07, 6.45) is 0.954. The molecule has 236 valence electrons. The number of carbonyl (C=O) groups excluding carboxylic acids is 1. The first-order valence-corrected chi connectivity index (χ1v) is 14.9. The molecule has 1 fully saturated rings. The highest BCUT2D eigenvalue weighted by Crippen LogP contribution is 2.35.